The van der Waals surface area contributed by atoms with Crippen molar-refractivity contribution in [1.82, 2.24) is 19.4 Å². The Morgan fingerprint density at radius 1 is 0.897 bits per heavy atom. The van der Waals surface area contributed by atoms with Crippen LogP contribution in [0.1, 0.15) is 25.6 Å². The van der Waals surface area contributed by atoms with E-state index < -0.39 is 0 Å². The van der Waals surface area contributed by atoms with Crippen molar-refractivity contribution < 1.29 is 0 Å². The fourth-order valence-corrected chi connectivity index (χ4v) is 3.73. The lowest BCUT2D eigenvalue weighted by Gasteiger charge is -2.06. The molecule has 5 aromatic rings. The number of pyridine rings is 1. The van der Waals surface area contributed by atoms with E-state index in [2.05, 4.69) is 61.3 Å². The van der Waals surface area contributed by atoms with Gasteiger partial charge in [0.25, 0.3) is 0 Å². The maximum absolute atomic E-state index is 6.23. The molecule has 29 heavy (non-hydrogen) atoms. The molecule has 5 heteroatoms. The monoisotopic (exact) mass is 379 g/mol. The Kier molecular flexibility index (Phi) is 4.02. The van der Waals surface area contributed by atoms with Crippen LogP contribution in [-0.4, -0.2) is 19.4 Å². The molecule has 2 aromatic carbocycles. The molecule has 0 atom stereocenters. The summed E-state index contributed by atoms with van der Waals surface area (Å²) < 4.78 is 2.04. The fourth-order valence-electron chi connectivity index (χ4n) is 3.73. The summed E-state index contributed by atoms with van der Waals surface area (Å²) in [5.41, 5.74) is 11.9. The number of nitrogens with zero attached hydrogens (tertiary/aromatic N) is 4. The van der Waals surface area contributed by atoms with Gasteiger partial charge in [0.05, 0.1) is 11.2 Å². The third kappa shape index (κ3) is 2.91. The average molecular weight is 379 g/mol. The minimum absolute atomic E-state index is 0.265. The van der Waals surface area contributed by atoms with Crippen LogP contribution in [0.5, 0.6) is 0 Å². The highest BCUT2D eigenvalue weighted by molar-refractivity contribution is 5.91. The maximum Gasteiger partial charge on any atom is 0.150 e. The minimum Gasteiger partial charge on any atom is -0.382 e. The Balaban J connectivity index is 1.72. The van der Waals surface area contributed by atoms with Crippen LogP contribution in [0.25, 0.3) is 38.9 Å². The molecule has 3 aromatic heterocycles. The van der Waals surface area contributed by atoms with Crippen molar-refractivity contribution in [2.75, 3.05) is 5.73 Å². The number of aromatic nitrogens is 4. The van der Waals surface area contributed by atoms with E-state index in [9.17, 15) is 0 Å². The summed E-state index contributed by atoms with van der Waals surface area (Å²) in [7, 11) is 0. The smallest absolute Gasteiger partial charge is 0.150 e. The predicted octanol–water partition coefficient (Wildman–Crippen LogP) is 5.32. The molecule has 0 aliphatic carbocycles. The minimum atomic E-state index is 0.265. The summed E-state index contributed by atoms with van der Waals surface area (Å²) in [6, 6.07) is 20.6. The van der Waals surface area contributed by atoms with Gasteiger partial charge in [-0.1, -0.05) is 62.4 Å². The first-order valence-electron chi connectivity index (χ1n) is 9.71. The predicted molar refractivity (Wildman–Crippen MR) is 118 cm³/mol. The molecular weight excluding hydrogens is 358 g/mol. The Morgan fingerprint density at radius 2 is 1.69 bits per heavy atom. The number of nitrogens with two attached hydrogens (primary N) is 1. The van der Waals surface area contributed by atoms with Crippen LogP contribution in [0.2, 0.25) is 0 Å². The fraction of sp³-hybridized carbons (Fsp3) is 0.125. The van der Waals surface area contributed by atoms with Crippen LogP contribution in [0.3, 0.4) is 0 Å². The molecule has 0 radical (unpaired) electrons. The van der Waals surface area contributed by atoms with Crippen molar-refractivity contribution in [3.63, 3.8) is 0 Å². The van der Waals surface area contributed by atoms with E-state index in [1.807, 2.05) is 28.8 Å². The molecule has 5 rings (SSSR count). The highest BCUT2D eigenvalue weighted by Gasteiger charge is 2.18. The largest absolute Gasteiger partial charge is 0.382 e. The van der Waals surface area contributed by atoms with Gasteiger partial charge in [-0.15, -0.1) is 0 Å². The van der Waals surface area contributed by atoms with E-state index >= 15 is 0 Å². The standard InChI is InChI=1S/C24H21N5/c1-15(2)24-28-21(22-23(25)26-12-13-29(22)24)18-9-8-17-10-11-19(27-20(17)14-18)16-6-4-3-5-7-16/h3-15H,1-2H3,(H2,25,26). The molecule has 0 saturated heterocycles. The third-order valence-corrected chi connectivity index (χ3v) is 5.16. The number of nitrogen functional groups attached to an aromatic ring is 1. The van der Waals surface area contributed by atoms with Gasteiger partial charge in [0, 0.05) is 34.8 Å². The lowest BCUT2D eigenvalue weighted by atomic mass is 10.1. The Labute approximate surface area is 168 Å². The van der Waals surface area contributed by atoms with Crippen molar-refractivity contribution in [2.24, 2.45) is 0 Å². The highest BCUT2D eigenvalue weighted by Crippen LogP contribution is 2.32. The van der Waals surface area contributed by atoms with Gasteiger partial charge < -0.3 is 5.73 Å². The molecule has 3 heterocycles. The maximum atomic E-state index is 6.23. The first-order valence-corrected chi connectivity index (χ1v) is 9.71. The summed E-state index contributed by atoms with van der Waals surface area (Å²) in [5, 5.41) is 1.09. The van der Waals surface area contributed by atoms with Crippen LogP contribution in [0.4, 0.5) is 5.82 Å². The Morgan fingerprint density at radius 3 is 2.48 bits per heavy atom. The molecule has 0 fully saturated rings. The van der Waals surface area contributed by atoms with Gasteiger partial charge in [-0.2, -0.15) is 0 Å². The van der Waals surface area contributed by atoms with Crippen molar-refractivity contribution in [1.29, 1.82) is 0 Å². The van der Waals surface area contributed by atoms with E-state index in [1.54, 1.807) is 6.20 Å². The summed E-state index contributed by atoms with van der Waals surface area (Å²) in [6.07, 6.45) is 3.64. The third-order valence-electron chi connectivity index (χ3n) is 5.16. The molecule has 2 N–H and O–H groups in total. The van der Waals surface area contributed by atoms with E-state index in [1.165, 1.54) is 0 Å². The summed E-state index contributed by atoms with van der Waals surface area (Å²) in [6.45, 7) is 4.26. The van der Waals surface area contributed by atoms with Crippen LogP contribution in [0, 0.1) is 0 Å². The lowest BCUT2D eigenvalue weighted by molar-refractivity contribution is 0.770. The van der Waals surface area contributed by atoms with Crippen molar-refractivity contribution >= 4 is 22.2 Å². The average Bonchev–Trinajstić information content (AvgIpc) is 3.15. The quantitative estimate of drug-likeness (QED) is 0.461. The second kappa shape index (κ2) is 6.71. The summed E-state index contributed by atoms with van der Waals surface area (Å²) in [4.78, 5) is 14.1. The van der Waals surface area contributed by atoms with Crippen LogP contribution in [0.15, 0.2) is 73.1 Å². The zero-order valence-corrected chi connectivity index (χ0v) is 16.4. The Bertz CT molecular complexity index is 1340. The van der Waals surface area contributed by atoms with Gasteiger partial charge in [0.2, 0.25) is 0 Å². The first-order chi connectivity index (χ1) is 14.1. The molecule has 0 spiro atoms. The van der Waals surface area contributed by atoms with E-state index in [4.69, 9.17) is 15.7 Å². The van der Waals surface area contributed by atoms with Gasteiger partial charge in [0.1, 0.15) is 22.9 Å². The van der Waals surface area contributed by atoms with Crippen molar-refractivity contribution in [2.45, 2.75) is 19.8 Å². The number of anilines is 1. The number of imidazole rings is 1. The lowest BCUT2D eigenvalue weighted by Crippen LogP contribution is -1.99. The molecule has 5 nitrogen and oxygen atoms in total. The molecule has 0 aliphatic heterocycles. The van der Waals surface area contributed by atoms with E-state index in [0.29, 0.717) is 5.82 Å². The number of hydrogen-bond acceptors (Lipinski definition) is 4. The number of fused-ring (bicyclic) bond motifs is 2. The number of benzene rings is 2. The normalized spacial score (nSPS) is 11.6. The zero-order valence-electron chi connectivity index (χ0n) is 16.4. The number of hydrogen-bond donors (Lipinski definition) is 1. The van der Waals surface area contributed by atoms with Gasteiger partial charge in [-0.05, 0) is 12.1 Å². The van der Waals surface area contributed by atoms with Gasteiger partial charge in [-0.25, -0.2) is 15.0 Å². The molecule has 0 bridgehead atoms. The molecule has 0 aliphatic rings. The summed E-state index contributed by atoms with van der Waals surface area (Å²) >= 11 is 0. The SMILES string of the molecule is CC(C)c1nc(-c2ccc3ccc(-c4ccccc4)nc3c2)c2c(N)nccn12. The highest BCUT2D eigenvalue weighted by atomic mass is 15.1. The van der Waals surface area contributed by atoms with Crippen LogP contribution in [-0.2, 0) is 0 Å². The summed E-state index contributed by atoms with van der Waals surface area (Å²) in [5.74, 6) is 1.71. The first kappa shape index (κ1) is 17.4. The van der Waals surface area contributed by atoms with Crippen LogP contribution < -0.4 is 5.73 Å². The molecule has 0 unspecified atom stereocenters. The number of rotatable bonds is 3. The topological polar surface area (TPSA) is 69.1 Å². The zero-order chi connectivity index (χ0) is 20.0. The van der Waals surface area contributed by atoms with E-state index in [-0.39, 0.29) is 5.92 Å². The van der Waals surface area contributed by atoms with Crippen LogP contribution >= 0.6 is 0 Å². The molecule has 0 amide bonds. The van der Waals surface area contributed by atoms with Crippen molar-refractivity contribution in [3.05, 3.63) is 78.9 Å². The Hall–Kier alpha value is -3.73. The van der Waals surface area contributed by atoms with E-state index in [0.717, 1.165) is 44.8 Å². The van der Waals surface area contributed by atoms with Gasteiger partial charge in [0.15, 0.2) is 0 Å². The van der Waals surface area contributed by atoms with Crippen molar-refractivity contribution in [3.8, 4) is 22.5 Å². The molecular formula is C24H21N5. The second-order valence-electron chi connectivity index (χ2n) is 7.47. The second-order valence-corrected chi connectivity index (χ2v) is 7.47. The van der Waals surface area contributed by atoms with Gasteiger partial charge >= 0.3 is 0 Å². The van der Waals surface area contributed by atoms with Gasteiger partial charge in [-0.3, -0.25) is 4.40 Å². The molecule has 0 saturated carbocycles. The molecule has 142 valence electrons.